The van der Waals surface area contributed by atoms with Crippen molar-refractivity contribution in [3.63, 3.8) is 0 Å². The molecule has 2 aliphatic heterocycles. The number of anilines is 1. The zero-order chi connectivity index (χ0) is 22.8. The first-order chi connectivity index (χ1) is 16.1. The van der Waals surface area contributed by atoms with E-state index in [0.717, 1.165) is 86.2 Å². The fourth-order valence-corrected chi connectivity index (χ4v) is 5.40. The molecule has 0 unspecified atom stereocenters. The standard InChI is InChI=1S/C26H33ClN4O2/c1-18-13-23(4-3-20(18)15-25(32)30-8-2-9-30)33-12-7-21-14-24(21)19-5-10-31(11-6-19)26-28-16-22(27)17-29-26/h3-4,13,16-17,19,21,24H,2,5-12,14-15H2,1H3/t21-,24-/m0/s1. The summed E-state index contributed by atoms with van der Waals surface area (Å²) in [5, 5.41) is 0.583. The fourth-order valence-electron chi connectivity index (χ4n) is 5.30. The van der Waals surface area contributed by atoms with Gasteiger partial charge < -0.3 is 14.5 Å². The Kier molecular flexibility index (Phi) is 6.72. The Morgan fingerprint density at radius 3 is 2.58 bits per heavy atom. The highest BCUT2D eigenvalue weighted by Crippen LogP contribution is 2.49. The van der Waals surface area contributed by atoms with Crippen LogP contribution < -0.4 is 9.64 Å². The number of ether oxygens (including phenoxy) is 1. The van der Waals surface area contributed by atoms with Gasteiger partial charge in [0.2, 0.25) is 11.9 Å². The molecule has 0 bridgehead atoms. The summed E-state index contributed by atoms with van der Waals surface area (Å²) in [5.74, 6) is 4.40. The van der Waals surface area contributed by atoms with Crippen LogP contribution in [0.2, 0.25) is 5.02 Å². The molecule has 1 aliphatic carbocycles. The molecule has 5 rings (SSSR count). The monoisotopic (exact) mass is 468 g/mol. The number of hydrogen-bond acceptors (Lipinski definition) is 5. The molecular weight excluding hydrogens is 436 g/mol. The van der Waals surface area contributed by atoms with Crippen molar-refractivity contribution in [2.45, 2.75) is 45.4 Å². The molecule has 0 N–H and O–H groups in total. The van der Waals surface area contributed by atoms with Crippen LogP contribution in [-0.4, -0.2) is 53.6 Å². The molecule has 176 valence electrons. The first-order valence-electron chi connectivity index (χ1n) is 12.3. The third-order valence-corrected chi connectivity index (χ3v) is 7.83. The summed E-state index contributed by atoms with van der Waals surface area (Å²) in [6, 6.07) is 6.16. The molecule has 0 radical (unpaired) electrons. The number of carbonyl (C=O) groups is 1. The van der Waals surface area contributed by atoms with Crippen LogP contribution in [0.15, 0.2) is 30.6 Å². The van der Waals surface area contributed by atoms with Gasteiger partial charge in [-0.25, -0.2) is 9.97 Å². The topological polar surface area (TPSA) is 58.6 Å². The third kappa shape index (κ3) is 5.43. The minimum atomic E-state index is 0.240. The highest BCUT2D eigenvalue weighted by Gasteiger charge is 2.43. The highest BCUT2D eigenvalue weighted by molar-refractivity contribution is 6.30. The molecule has 3 aliphatic rings. The second-order valence-corrected chi connectivity index (χ2v) is 10.3. The van der Waals surface area contributed by atoms with Gasteiger partial charge in [0.15, 0.2) is 0 Å². The van der Waals surface area contributed by atoms with Crippen LogP contribution in [0.3, 0.4) is 0 Å². The number of benzene rings is 1. The Morgan fingerprint density at radius 1 is 1.15 bits per heavy atom. The Balaban J connectivity index is 1.02. The minimum absolute atomic E-state index is 0.240. The summed E-state index contributed by atoms with van der Waals surface area (Å²) in [5.41, 5.74) is 2.25. The van der Waals surface area contributed by atoms with E-state index in [1.54, 1.807) is 12.4 Å². The molecule has 0 spiro atoms. The van der Waals surface area contributed by atoms with Crippen molar-refractivity contribution in [3.05, 3.63) is 46.7 Å². The number of amides is 1. The molecule has 1 amide bonds. The van der Waals surface area contributed by atoms with E-state index in [1.807, 2.05) is 11.0 Å². The van der Waals surface area contributed by atoms with E-state index in [1.165, 1.54) is 19.3 Å². The average Bonchev–Trinajstić information content (AvgIpc) is 3.55. The number of aryl methyl sites for hydroxylation is 1. The van der Waals surface area contributed by atoms with Gasteiger partial charge in [-0.1, -0.05) is 17.7 Å². The fraction of sp³-hybridized carbons (Fsp3) is 0.577. The molecule has 2 saturated heterocycles. The predicted octanol–water partition coefficient (Wildman–Crippen LogP) is 4.53. The molecular formula is C26H33ClN4O2. The summed E-state index contributed by atoms with van der Waals surface area (Å²) < 4.78 is 6.07. The summed E-state index contributed by atoms with van der Waals surface area (Å²) in [6.07, 6.45) is 9.87. The average molecular weight is 469 g/mol. The van der Waals surface area contributed by atoms with Crippen molar-refractivity contribution in [2.75, 3.05) is 37.7 Å². The zero-order valence-electron chi connectivity index (χ0n) is 19.4. The molecule has 1 aromatic carbocycles. The van der Waals surface area contributed by atoms with Crippen LogP contribution in [0.5, 0.6) is 5.75 Å². The molecule has 6 nitrogen and oxygen atoms in total. The maximum absolute atomic E-state index is 12.2. The van der Waals surface area contributed by atoms with Crippen molar-refractivity contribution in [1.82, 2.24) is 14.9 Å². The smallest absolute Gasteiger partial charge is 0.227 e. The van der Waals surface area contributed by atoms with Crippen molar-refractivity contribution >= 4 is 23.5 Å². The van der Waals surface area contributed by atoms with Gasteiger partial charge >= 0.3 is 0 Å². The number of piperidine rings is 1. The first-order valence-corrected chi connectivity index (χ1v) is 12.7. The van der Waals surface area contributed by atoms with E-state index in [-0.39, 0.29) is 5.91 Å². The number of halogens is 1. The van der Waals surface area contributed by atoms with Crippen molar-refractivity contribution in [2.24, 2.45) is 17.8 Å². The molecule has 3 heterocycles. The van der Waals surface area contributed by atoms with E-state index in [9.17, 15) is 4.79 Å². The molecule has 7 heteroatoms. The minimum Gasteiger partial charge on any atom is -0.494 e. The van der Waals surface area contributed by atoms with E-state index < -0.39 is 0 Å². The Hall–Kier alpha value is -2.34. The number of hydrogen-bond donors (Lipinski definition) is 0. The SMILES string of the molecule is Cc1cc(OCC[C@H]2C[C@H]2C2CCN(c3ncc(Cl)cn3)CC2)ccc1CC(=O)N1CCC1. The third-order valence-electron chi connectivity index (χ3n) is 7.63. The second-order valence-electron chi connectivity index (χ2n) is 9.82. The number of aromatic nitrogens is 2. The zero-order valence-corrected chi connectivity index (χ0v) is 20.1. The number of rotatable bonds is 8. The van der Waals surface area contributed by atoms with Gasteiger partial charge in [-0.3, -0.25) is 4.79 Å². The van der Waals surface area contributed by atoms with Gasteiger partial charge in [0.1, 0.15) is 5.75 Å². The lowest BCUT2D eigenvalue weighted by Crippen LogP contribution is -2.42. The number of carbonyl (C=O) groups excluding carboxylic acids is 1. The van der Waals surface area contributed by atoms with Crippen molar-refractivity contribution in [3.8, 4) is 5.75 Å². The van der Waals surface area contributed by atoms with Gasteiger partial charge in [0.05, 0.1) is 30.4 Å². The van der Waals surface area contributed by atoms with Crippen LogP contribution in [0, 0.1) is 24.7 Å². The quantitative estimate of drug-likeness (QED) is 0.569. The molecule has 1 aromatic heterocycles. The predicted molar refractivity (Wildman–Crippen MR) is 130 cm³/mol. The van der Waals surface area contributed by atoms with Gasteiger partial charge in [-0.15, -0.1) is 0 Å². The van der Waals surface area contributed by atoms with Gasteiger partial charge in [0, 0.05) is 26.2 Å². The van der Waals surface area contributed by atoms with Crippen molar-refractivity contribution in [1.29, 1.82) is 0 Å². The van der Waals surface area contributed by atoms with Gasteiger partial charge in [-0.05, 0) is 80.0 Å². The maximum Gasteiger partial charge on any atom is 0.227 e. The number of likely N-dealkylation sites (tertiary alicyclic amines) is 1. The number of nitrogens with zero attached hydrogens (tertiary/aromatic N) is 4. The van der Waals surface area contributed by atoms with Gasteiger partial charge in [0.25, 0.3) is 0 Å². The van der Waals surface area contributed by atoms with Crippen LogP contribution >= 0.6 is 11.6 Å². The first kappa shape index (κ1) is 22.5. The summed E-state index contributed by atoms with van der Waals surface area (Å²) in [4.78, 5) is 25.2. The van der Waals surface area contributed by atoms with Crippen LogP contribution in [-0.2, 0) is 11.2 Å². The van der Waals surface area contributed by atoms with E-state index in [4.69, 9.17) is 16.3 Å². The Morgan fingerprint density at radius 2 is 1.91 bits per heavy atom. The maximum atomic E-state index is 12.2. The molecule has 3 fully saturated rings. The highest BCUT2D eigenvalue weighted by atomic mass is 35.5. The molecule has 1 saturated carbocycles. The lowest BCUT2D eigenvalue weighted by Gasteiger charge is -2.32. The second kappa shape index (κ2) is 9.88. The largest absolute Gasteiger partial charge is 0.494 e. The Labute approximate surface area is 201 Å². The van der Waals surface area contributed by atoms with Crippen LogP contribution in [0.25, 0.3) is 0 Å². The summed E-state index contributed by atoms with van der Waals surface area (Å²) >= 11 is 5.90. The summed E-state index contributed by atoms with van der Waals surface area (Å²) in [6.45, 7) is 6.72. The molecule has 2 atom stereocenters. The van der Waals surface area contributed by atoms with Crippen molar-refractivity contribution < 1.29 is 9.53 Å². The lowest BCUT2D eigenvalue weighted by atomic mass is 9.90. The van der Waals surface area contributed by atoms with E-state index in [2.05, 4.69) is 33.9 Å². The normalized spacial score (nSPS) is 22.7. The van der Waals surface area contributed by atoms with Gasteiger partial charge in [-0.2, -0.15) is 0 Å². The van der Waals surface area contributed by atoms with Crippen LogP contribution in [0.1, 0.15) is 43.2 Å². The van der Waals surface area contributed by atoms with E-state index >= 15 is 0 Å². The van der Waals surface area contributed by atoms with Crippen LogP contribution in [0.4, 0.5) is 5.95 Å². The van der Waals surface area contributed by atoms with E-state index in [0.29, 0.717) is 11.4 Å². The molecule has 33 heavy (non-hydrogen) atoms. The Bertz CT molecular complexity index is 971. The summed E-state index contributed by atoms with van der Waals surface area (Å²) in [7, 11) is 0. The lowest BCUT2D eigenvalue weighted by molar-refractivity contribution is -0.133. The molecule has 2 aromatic rings.